The first-order valence-corrected chi connectivity index (χ1v) is 6.08. The highest BCUT2D eigenvalue weighted by atomic mass is 79.9. The maximum absolute atomic E-state index is 6.03. The molecule has 0 aliphatic heterocycles. The Morgan fingerprint density at radius 3 is 2.71 bits per heavy atom. The van der Waals surface area contributed by atoms with Crippen molar-refractivity contribution in [3.63, 3.8) is 0 Å². The van der Waals surface area contributed by atoms with Crippen LogP contribution in [0.4, 0.5) is 11.5 Å². The van der Waals surface area contributed by atoms with Gasteiger partial charge in [0.1, 0.15) is 11.6 Å². The molecule has 0 saturated carbocycles. The quantitative estimate of drug-likeness (QED) is 0.920. The topological polar surface area (TPSA) is 34.1 Å². The molecular formula is C12H10BrClN2O. The van der Waals surface area contributed by atoms with Gasteiger partial charge >= 0.3 is 0 Å². The summed E-state index contributed by atoms with van der Waals surface area (Å²) < 4.78 is 6.02. The zero-order chi connectivity index (χ0) is 12.3. The molecule has 0 amide bonds. The Kier molecular flexibility index (Phi) is 3.86. The minimum atomic E-state index is 0.564. The van der Waals surface area contributed by atoms with Crippen LogP contribution >= 0.6 is 27.5 Å². The van der Waals surface area contributed by atoms with Crippen molar-refractivity contribution < 1.29 is 4.74 Å². The van der Waals surface area contributed by atoms with Gasteiger partial charge in [-0.1, -0.05) is 11.6 Å². The summed E-state index contributed by atoms with van der Waals surface area (Å²) in [6, 6.07) is 9.28. The molecule has 1 heterocycles. The van der Waals surface area contributed by atoms with E-state index in [1.165, 1.54) is 0 Å². The minimum Gasteiger partial charge on any atom is -0.495 e. The maximum Gasteiger partial charge on any atom is 0.137 e. The SMILES string of the molecule is COc1ccc(Nc2ccc(Br)cn2)cc1Cl. The molecule has 1 aromatic heterocycles. The molecule has 17 heavy (non-hydrogen) atoms. The van der Waals surface area contributed by atoms with Crippen LogP contribution in [0, 0.1) is 0 Å². The Balaban J connectivity index is 2.19. The van der Waals surface area contributed by atoms with Crippen molar-refractivity contribution in [3.05, 3.63) is 46.0 Å². The lowest BCUT2D eigenvalue weighted by molar-refractivity contribution is 0.415. The summed E-state index contributed by atoms with van der Waals surface area (Å²) in [4.78, 5) is 4.21. The predicted molar refractivity (Wildman–Crippen MR) is 73.2 cm³/mol. The van der Waals surface area contributed by atoms with E-state index >= 15 is 0 Å². The third kappa shape index (κ3) is 3.11. The van der Waals surface area contributed by atoms with Crippen molar-refractivity contribution in [2.24, 2.45) is 0 Å². The molecule has 0 fully saturated rings. The number of pyridine rings is 1. The molecule has 0 atom stereocenters. The number of hydrogen-bond donors (Lipinski definition) is 1. The highest BCUT2D eigenvalue weighted by Crippen LogP contribution is 2.28. The molecule has 0 unspecified atom stereocenters. The van der Waals surface area contributed by atoms with Crippen molar-refractivity contribution in [1.82, 2.24) is 4.98 Å². The molecule has 1 aromatic carbocycles. The molecule has 0 bridgehead atoms. The number of ether oxygens (including phenoxy) is 1. The van der Waals surface area contributed by atoms with Crippen LogP contribution < -0.4 is 10.1 Å². The second-order valence-electron chi connectivity index (χ2n) is 3.34. The first-order chi connectivity index (χ1) is 8.19. The van der Waals surface area contributed by atoms with Gasteiger partial charge in [-0.25, -0.2) is 4.98 Å². The summed E-state index contributed by atoms with van der Waals surface area (Å²) in [6.07, 6.45) is 1.73. The Bertz CT molecular complexity index is 516. The molecule has 0 aliphatic carbocycles. The zero-order valence-corrected chi connectivity index (χ0v) is 11.4. The fourth-order valence-electron chi connectivity index (χ4n) is 1.34. The summed E-state index contributed by atoms with van der Waals surface area (Å²) in [5, 5.41) is 3.72. The Morgan fingerprint density at radius 1 is 1.29 bits per heavy atom. The Hall–Kier alpha value is -1.26. The van der Waals surface area contributed by atoms with Gasteiger partial charge in [0, 0.05) is 16.4 Å². The number of anilines is 2. The fraction of sp³-hybridized carbons (Fsp3) is 0.0833. The number of nitrogens with zero attached hydrogens (tertiary/aromatic N) is 1. The summed E-state index contributed by atoms with van der Waals surface area (Å²) in [5.74, 6) is 1.41. The van der Waals surface area contributed by atoms with Crippen molar-refractivity contribution in [1.29, 1.82) is 0 Å². The largest absolute Gasteiger partial charge is 0.495 e. The summed E-state index contributed by atoms with van der Waals surface area (Å²) in [6.45, 7) is 0. The maximum atomic E-state index is 6.03. The van der Waals surface area contributed by atoms with Crippen LogP contribution in [0.15, 0.2) is 41.0 Å². The molecule has 2 aromatic rings. The van der Waals surface area contributed by atoms with Crippen molar-refractivity contribution >= 4 is 39.0 Å². The van der Waals surface area contributed by atoms with Crippen molar-refractivity contribution in [3.8, 4) is 5.75 Å². The van der Waals surface area contributed by atoms with Crippen LogP contribution in [0.5, 0.6) is 5.75 Å². The highest BCUT2D eigenvalue weighted by molar-refractivity contribution is 9.10. The molecule has 0 aliphatic rings. The van der Waals surface area contributed by atoms with Crippen LogP contribution in [0.25, 0.3) is 0 Å². The van der Waals surface area contributed by atoms with E-state index in [1.54, 1.807) is 19.4 Å². The van der Waals surface area contributed by atoms with Gasteiger partial charge in [0.2, 0.25) is 0 Å². The van der Waals surface area contributed by atoms with Crippen LogP contribution in [-0.4, -0.2) is 12.1 Å². The molecule has 3 nitrogen and oxygen atoms in total. The van der Waals surface area contributed by atoms with Gasteiger partial charge in [0.25, 0.3) is 0 Å². The lowest BCUT2D eigenvalue weighted by Crippen LogP contribution is -1.93. The zero-order valence-electron chi connectivity index (χ0n) is 9.08. The number of benzene rings is 1. The Morgan fingerprint density at radius 2 is 2.12 bits per heavy atom. The van der Waals surface area contributed by atoms with Crippen LogP contribution in [0.2, 0.25) is 5.02 Å². The summed E-state index contributed by atoms with van der Waals surface area (Å²) >= 11 is 9.36. The normalized spacial score (nSPS) is 10.1. The molecule has 0 radical (unpaired) electrons. The lowest BCUT2D eigenvalue weighted by atomic mass is 10.3. The fourth-order valence-corrected chi connectivity index (χ4v) is 1.83. The number of methoxy groups -OCH3 is 1. The molecular weight excluding hydrogens is 304 g/mol. The first kappa shape index (κ1) is 12.2. The number of halogens is 2. The van der Waals surface area contributed by atoms with E-state index in [9.17, 15) is 0 Å². The van der Waals surface area contributed by atoms with Crippen LogP contribution in [-0.2, 0) is 0 Å². The lowest BCUT2D eigenvalue weighted by Gasteiger charge is -2.08. The smallest absolute Gasteiger partial charge is 0.137 e. The first-order valence-electron chi connectivity index (χ1n) is 4.91. The predicted octanol–water partition coefficient (Wildman–Crippen LogP) is 4.25. The third-order valence-electron chi connectivity index (χ3n) is 2.15. The van der Waals surface area contributed by atoms with E-state index in [0.717, 1.165) is 16.0 Å². The molecule has 1 N–H and O–H groups in total. The average molecular weight is 314 g/mol. The van der Waals surface area contributed by atoms with Gasteiger partial charge in [-0.05, 0) is 46.3 Å². The van der Waals surface area contributed by atoms with E-state index in [1.807, 2.05) is 24.3 Å². The van der Waals surface area contributed by atoms with Crippen molar-refractivity contribution in [2.75, 3.05) is 12.4 Å². The number of aromatic nitrogens is 1. The highest BCUT2D eigenvalue weighted by Gasteiger charge is 2.02. The minimum absolute atomic E-state index is 0.564. The van der Waals surface area contributed by atoms with Crippen LogP contribution in [0.1, 0.15) is 0 Å². The van der Waals surface area contributed by atoms with Gasteiger partial charge in [0.05, 0.1) is 12.1 Å². The average Bonchev–Trinajstić information content (AvgIpc) is 2.32. The molecule has 0 spiro atoms. The molecule has 2 rings (SSSR count). The standard InChI is InChI=1S/C12H10BrClN2O/c1-17-11-4-3-9(6-10(11)14)16-12-5-2-8(13)7-15-12/h2-7H,1H3,(H,15,16). The molecule has 0 saturated heterocycles. The van der Waals surface area contributed by atoms with Gasteiger partial charge in [-0.3, -0.25) is 0 Å². The molecule has 5 heteroatoms. The third-order valence-corrected chi connectivity index (χ3v) is 2.92. The van der Waals surface area contributed by atoms with E-state index in [4.69, 9.17) is 16.3 Å². The second-order valence-corrected chi connectivity index (χ2v) is 4.66. The Labute approximate surface area is 113 Å². The van der Waals surface area contributed by atoms with Crippen molar-refractivity contribution in [2.45, 2.75) is 0 Å². The van der Waals surface area contributed by atoms with Gasteiger partial charge < -0.3 is 10.1 Å². The van der Waals surface area contributed by atoms with E-state index in [0.29, 0.717) is 10.8 Å². The molecule has 88 valence electrons. The monoisotopic (exact) mass is 312 g/mol. The van der Waals surface area contributed by atoms with Gasteiger partial charge in [-0.2, -0.15) is 0 Å². The van der Waals surface area contributed by atoms with Gasteiger partial charge in [0.15, 0.2) is 0 Å². The van der Waals surface area contributed by atoms with E-state index < -0.39 is 0 Å². The van der Waals surface area contributed by atoms with E-state index in [2.05, 4.69) is 26.2 Å². The van der Waals surface area contributed by atoms with E-state index in [-0.39, 0.29) is 0 Å². The number of nitrogens with one attached hydrogen (secondary N) is 1. The summed E-state index contributed by atoms with van der Waals surface area (Å²) in [5.41, 5.74) is 0.866. The number of hydrogen-bond acceptors (Lipinski definition) is 3. The number of rotatable bonds is 3. The van der Waals surface area contributed by atoms with Crippen LogP contribution in [0.3, 0.4) is 0 Å². The van der Waals surface area contributed by atoms with Gasteiger partial charge in [-0.15, -0.1) is 0 Å². The second kappa shape index (κ2) is 5.38. The summed E-state index contributed by atoms with van der Waals surface area (Å²) in [7, 11) is 1.59.